The van der Waals surface area contributed by atoms with Gasteiger partial charge in [-0.05, 0) is 24.4 Å². The van der Waals surface area contributed by atoms with E-state index in [0.717, 1.165) is 39.4 Å². The lowest BCUT2D eigenvalue weighted by atomic mass is 10.2. The Labute approximate surface area is 134 Å². The average Bonchev–Trinajstić information content (AvgIpc) is 2.52. The molecule has 22 heavy (non-hydrogen) atoms. The summed E-state index contributed by atoms with van der Waals surface area (Å²) >= 11 is 5.10. The van der Waals surface area contributed by atoms with Crippen LogP contribution in [0.3, 0.4) is 0 Å². The molecule has 0 aromatic heterocycles. The van der Waals surface area contributed by atoms with E-state index in [9.17, 15) is 10.2 Å². The van der Waals surface area contributed by atoms with Gasteiger partial charge in [0.05, 0.1) is 19.4 Å². The van der Waals surface area contributed by atoms with Gasteiger partial charge in [-0.15, -0.1) is 0 Å². The zero-order chi connectivity index (χ0) is 15.8. The number of hydrazone groups is 1. The van der Waals surface area contributed by atoms with Crippen LogP contribution >= 0.6 is 12.2 Å². The van der Waals surface area contributed by atoms with Crippen molar-refractivity contribution in [3.05, 3.63) is 23.8 Å². The van der Waals surface area contributed by atoms with E-state index in [2.05, 4.69) is 20.7 Å². The fraction of sp³-hybridized carbons (Fsp3) is 0.429. The van der Waals surface area contributed by atoms with E-state index in [1.54, 1.807) is 12.1 Å². The van der Waals surface area contributed by atoms with Crippen LogP contribution in [0.4, 0.5) is 0 Å². The monoisotopic (exact) mass is 324 g/mol. The molecule has 1 aromatic rings. The first kappa shape index (κ1) is 16.5. The van der Waals surface area contributed by atoms with E-state index in [-0.39, 0.29) is 11.5 Å². The molecule has 0 bridgehead atoms. The Hall–Kier alpha value is -1.90. The molecule has 0 radical (unpaired) electrons. The van der Waals surface area contributed by atoms with Crippen molar-refractivity contribution in [3.63, 3.8) is 0 Å². The van der Waals surface area contributed by atoms with Crippen molar-refractivity contribution in [3.8, 4) is 11.5 Å². The highest BCUT2D eigenvalue weighted by Gasteiger charge is 2.09. The summed E-state index contributed by atoms with van der Waals surface area (Å²) in [6.45, 7) is 5.05. The Bertz CT molecular complexity index is 533. The lowest BCUT2D eigenvalue weighted by molar-refractivity contribution is 0.0389. The lowest BCUT2D eigenvalue weighted by Gasteiger charge is -2.26. The third kappa shape index (κ3) is 5.14. The van der Waals surface area contributed by atoms with E-state index in [0.29, 0.717) is 10.7 Å². The fourth-order valence-corrected chi connectivity index (χ4v) is 2.16. The molecule has 0 unspecified atom stereocenters. The summed E-state index contributed by atoms with van der Waals surface area (Å²) < 4.78 is 5.28. The molecule has 1 fully saturated rings. The first-order valence-electron chi connectivity index (χ1n) is 7.05. The molecule has 7 nitrogen and oxygen atoms in total. The van der Waals surface area contributed by atoms with Gasteiger partial charge in [-0.1, -0.05) is 6.07 Å². The summed E-state index contributed by atoms with van der Waals surface area (Å²) in [6, 6.07) is 4.66. The van der Waals surface area contributed by atoms with Gasteiger partial charge in [0.1, 0.15) is 0 Å². The zero-order valence-electron chi connectivity index (χ0n) is 12.2. The maximum atomic E-state index is 9.62. The van der Waals surface area contributed by atoms with Crippen LogP contribution < -0.4 is 10.7 Å². The minimum Gasteiger partial charge on any atom is -0.504 e. The lowest BCUT2D eigenvalue weighted by Crippen LogP contribution is -2.42. The van der Waals surface area contributed by atoms with E-state index >= 15 is 0 Å². The molecule has 1 saturated heterocycles. The molecule has 0 amide bonds. The summed E-state index contributed by atoms with van der Waals surface area (Å²) in [5.41, 5.74) is 3.08. The van der Waals surface area contributed by atoms with E-state index in [1.807, 2.05) is 0 Å². The quantitative estimate of drug-likeness (QED) is 0.267. The van der Waals surface area contributed by atoms with Crippen molar-refractivity contribution in [2.75, 3.05) is 39.4 Å². The highest BCUT2D eigenvalue weighted by Crippen LogP contribution is 2.26. The number of phenols is 2. The van der Waals surface area contributed by atoms with Crippen LogP contribution in [0.25, 0.3) is 0 Å². The van der Waals surface area contributed by atoms with E-state index in [1.165, 1.54) is 12.3 Å². The van der Waals surface area contributed by atoms with Gasteiger partial charge >= 0.3 is 0 Å². The van der Waals surface area contributed by atoms with Crippen LogP contribution in [-0.4, -0.2) is 65.8 Å². The van der Waals surface area contributed by atoms with Gasteiger partial charge in [-0.25, -0.2) is 0 Å². The third-order valence-electron chi connectivity index (χ3n) is 3.23. The second-order valence-electron chi connectivity index (χ2n) is 4.79. The first-order valence-corrected chi connectivity index (χ1v) is 7.45. The van der Waals surface area contributed by atoms with Gasteiger partial charge in [0.2, 0.25) is 0 Å². The van der Waals surface area contributed by atoms with Gasteiger partial charge in [0.15, 0.2) is 16.6 Å². The number of thiocarbonyl (C=S) groups is 1. The Morgan fingerprint density at radius 1 is 1.36 bits per heavy atom. The topological polar surface area (TPSA) is 89.4 Å². The summed E-state index contributed by atoms with van der Waals surface area (Å²) in [5, 5.41) is 26.4. The van der Waals surface area contributed by atoms with Gasteiger partial charge in [0.25, 0.3) is 0 Å². The summed E-state index contributed by atoms with van der Waals surface area (Å²) in [6.07, 6.45) is 1.39. The van der Waals surface area contributed by atoms with Gasteiger partial charge in [0, 0.05) is 31.7 Å². The molecule has 0 spiro atoms. The number of nitrogens with zero attached hydrogens (tertiary/aromatic N) is 2. The average molecular weight is 324 g/mol. The van der Waals surface area contributed by atoms with Crippen LogP contribution in [0, 0.1) is 0 Å². The Morgan fingerprint density at radius 2 is 2.14 bits per heavy atom. The smallest absolute Gasteiger partial charge is 0.187 e. The molecule has 2 rings (SSSR count). The normalized spacial score (nSPS) is 15.8. The molecule has 0 aliphatic carbocycles. The standard InChI is InChI=1S/C14H20N4O3S/c19-12-3-1-2-11(13(12)20)10-16-17-14(22)15-4-5-18-6-8-21-9-7-18/h1-3,10,19-20H,4-9H2,(H2,15,17,22). The van der Waals surface area contributed by atoms with Crippen molar-refractivity contribution < 1.29 is 14.9 Å². The molecule has 1 heterocycles. The predicted octanol–water partition coefficient (Wildman–Crippen LogP) is 0.228. The molecule has 1 aliphatic heterocycles. The van der Waals surface area contributed by atoms with Crippen molar-refractivity contribution in [1.82, 2.24) is 15.6 Å². The highest BCUT2D eigenvalue weighted by atomic mass is 32.1. The van der Waals surface area contributed by atoms with Gasteiger partial charge in [-0.3, -0.25) is 10.3 Å². The molecule has 0 saturated carbocycles. The predicted molar refractivity (Wildman–Crippen MR) is 88.4 cm³/mol. The second-order valence-corrected chi connectivity index (χ2v) is 5.20. The van der Waals surface area contributed by atoms with Crippen LogP contribution in [0.5, 0.6) is 11.5 Å². The highest BCUT2D eigenvalue weighted by molar-refractivity contribution is 7.80. The SMILES string of the molecule is Oc1cccc(C=NNC(=S)NCCN2CCOCC2)c1O. The molecule has 1 aromatic carbocycles. The Morgan fingerprint density at radius 3 is 2.91 bits per heavy atom. The number of ether oxygens (including phenoxy) is 1. The Kier molecular flexibility index (Phi) is 6.38. The van der Waals surface area contributed by atoms with Gasteiger partial charge in [-0.2, -0.15) is 5.10 Å². The number of benzene rings is 1. The van der Waals surface area contributed by atoms with Crippen molar-refractivity contribution in [2.45, 2.75) is 0 Å². The Balaban J connectivity index is 1.68. The molecule has 0 atom stereocenters. The number of morpholine rings is 1. The van der Waals surface area contributed by atoms with Crippen LogP contribution in [0.2, 0.25) is 0 Å². The fourth-order valence-electron chi connectivity index (χ4n) is 2.01. The molecule has 8 heteroatoms. The summed E-state index contributed by atoms with van der Waals surface area (Å²) in [7, 11) is 0. The van der Waals surface area contributed by atoms with Crippen molar-refractivity contribution in [1.29, 1.82) is 0 Å². The minimum atomic E-state index is -0.209. The number of rotatable bonds is 5. The van der Waals surface area contributed by atoms with Gasteiger partial charge < -0.3 is 20.3 Å². The van der Waals surface area contributed by atoms with E-state index < -0.39 is 0 Å². The van der Waals surface area contributed by atoms with Crippen LogP contribution in [-0.2, 0) is 4.74 Å². The second kappa shape index (κ2) is 8.52. The molecule has 120 valence electrons. The number of para-hydroxylation sites is 1. The van der Waals surface area contributed by atoms with Crippen LogP contribution in [0.1, 0.15) is 5.56 Å². The molecular weight excluding hydrogens is 304 g/mol. The number of aromatic hydroxyl groups is 2. The van der Waals surface area contributed by atoms with Crippen molar-refractivity contribution >= 4 is 23.5 Å². The van der Waals surface area contributed by atoms with Crippen LogP contribution in [0.15, 0.2) is 23.3 Å². The number of hydrogen-bond acceptors (Lipinski definition) is 6. The van der Waals surface area contributed by atoms with Crippen molar-refractivity contribution in [2.24, 2.45) is 5.10 Å². The summed E-state index contributed by atoms with van der Waals surface area (Å²) in [5.74, 6) is -0.394. The molecular formula is C14H20N4O3S. The number of nitrogens with one attached hydrogen (secondary N) is 2. The zero-order valence-corrected chi connectivity index (χ0v) is 13.0. The first-order chi connectivity index (χ1) is 10.7. The third-order valence-corrected chi connectivity index (χ3v) is 3.47. The minimum absolute atomic E-state index is 0.185. The maximum absolute atomic E-state index is 9.62. The maximum Gasteiger partial charge on any atom is 0.187 e. The number of hydrogen-bond donors (Lipinski definition) is 4. The molecule has 4 N–H and O–H groups in total. The molecule has 1 aliphatic rings. The number of phenolic OH excluding ortho intramolecular Hbond substituents is 2. The summed E-state index contributed by atoms with van der Waals surface area (Å²) in [4.78, 5) is 2.30. The van der Waals surface area contributed by atoms with E-state index in [4.69, 9.17) is 17.0 Å². The largest absolute Gasteiger partial charge is 0.504 e.